The van der Waals surface area contributed by atoms with E-state index in [0.29, 0.717) is 0 Å². The number of aryl methyl sites for hydroxylation is 1. The Hall–Kier alpha value is -1.08. The Labute approximate surface area is 125 Å². The highest BCUT2D eigenvalue weighted by Crippen LogP contribution is 2.33. The highest BCUT2D eigenvalue weighted by atomic mass is 28.3. The summed E-state index contributed by atoms with van der Waals surface area (Å²) in [6, 6.07) is 10.9. The van der Waals surface area contributed by atoms with Gasteiger partial charge in [-0.15, -0.1) is 0 Å². The lowest BCUT2D eigenvalue weighted by atomic mass is 9.89. The average molecular weight is 285 g/mol. The van der Waals surface area contributed by atoms with E-state index < -0.39 is 8.07 Å². The Morgan fingerprint density at radius 2 is 1.80 bits per heavy atom. The Morgan fingerprint density at radius 3 is 2.35 bits per heavy atom. The van der Waals surface area contributed by atoms with Crippen molar-refractivity contribution in [2.75, 3.05) is 0 Å². The van der Waals surface area contributed by atoms with E-state index in [4.69, 9.17) is 0 Å². The zero-order chi connectivity index (χ0) is 14.6. The van der Waals surface area contributed by atoms with Gasteiger partial charge in [0.05, 0.1) is 8.07 Å². The first-order valence-corrected chi connectivity index (χ1v) is 11.5. The van der Waals surface area contributed by atoms with Gasteiger partial charge in [0.15, 0.2) is 0 Å². The largest absolute Gasteiger partial charge is 0.0812 e. The molecule has 0 N–H and O–H groups in total. The lowest BCUT2D eigenvalue weighted by Gasteiger charge is -2.18. The molecule has 0 nitrogen and oxygen atoms in total. The van der Waals surface area contributed by atoms with Crippen molar-refractivity contribution in [1.29, 1.82) is 0 Å². The molecule has 2 rings (SSSR count). The zero-order valence-corrected chi connectivity index (χ0v) is 14.4. The predicted octanol–water partition coefficient (Wildman–Crippen LogP) is 5.78. The SMILES string of the molecule is CCC(CCc1ccccc1)C1=CC([Si](C)(C)C)=CC1. The van der Waals surface area contributed by atoms with E-state index in [-0.39, 0.29) is 0 Å². The Kier molecular flexibility index (Phi) is 5.04. The summed E-state index contributed by atoms with van der Waals surface area (Å²) in [7, 11) is -1.13. The van der Waals surface area contributed by atoms with Crippen molar-refractivity contribution in [2.45, 2.75) is 52.2 Å². The van der Waals surface area contributed by atoms with Crippen LogP contribution in [0.3, 0.4) is 0 Å². The van der Waals surface area contributed by atoms with Gasteiger partial charge in [-0.1, -0.05) is 79.8 Å². The number of hydrogen-bond donors (Lipinski definition) is 0. The van der Waals surface area contributed by atoms with Crippen LogP contribution in [0, 0.1) is 5.92 Å². The van der Waals surface area contributed by atoms with Gasteiger partial charge < -0.3 is 0 Å². The summed E-state index contributed by atoms with van der Waals surface area (Å²) < 4.78 is 0. The zero-order valence-electron chi connectivity index (χ0n) is 13.4. The van der Waals surface area contributed by atoms with Crippen molar-refractivity contribution in [3.8, 4) is 0 Å². The van der Waals surface area contributed by atoms with Crippen LogP contribution in [0.25, 0.3) is 0 Å². The summed E-state index contributed by atoms with van der Waals surface area (Å²) in [6.45, 7) is 9.68. The van der Waals surface area contributed by atoms with Crippen molar-refractivity contribution in [2.24, 2.45) is 5.92 Å². The molecule has 0 bridgehead atoms. The van der Waals surface area contributed by atoms with Gasteiger partial charge >= 0.3 is 0 Å². The third-order valence-corrected chi connectivity index (χ3v) is 6.49. The quantitative estimate of drug-likeness (QED) is 0.581. The van der Waals surface area contributed by atoms with Crippen molar-refractivity contribution in [3.05, 3.63) is 58.8 Å². The van der Waals surface area contributed by atoms with Crippen molar-refractivity contribution < 1.29 is 0 Å². The molecule has 1 atom stereocenters. The van der Waals surface area contributed by atoms with Gasteiger partial charge in [0, 0.05) is 0 Å². The first-order valence-electron chi connectivity index (χ1n) is 7.95. The summed E-state index contributed by atoms with van der Waals surface area (Å²) in [5.41, 5.74) is 3.16. The molecule has 0 aromatic heterocycles. The van der Waals surface area contributed by atoms with E-state index >= 15 is 0 Å². The Bertz CT molecular complexity index is 488. The maximum Gasteiger partial charge on any atom is 0.0771 e. The molecule has 0 heterocycles. The molecule has 1 aromatic carbocycles. The summed E-state index contributed by atoms with van der Waals surface area (Å²) in [6.07, 6.45) is 9.99. The van der Waals surface area contributed by atoms with Crippen molar-refractivity contribution >= 4 is 8.07 Å². The van der Waals surface area contributed by atoms with Gasteiger partial charge in [0.1, 0.15) is 0 Å². The topological polar surface area (TPSA) is 0 Å². The molecule has 1 aliphatic rings. The van der Waals surface area contributed by atoms with Crippen LogP contribution in [0.5, 0.6) is 0 Å². The Balaban J connectivity index is 1.97. The molecule has 1 unspecified atom stereocenters. The summed E-state index contributed by atoms with van der Waals surface area (Å²) in [5, 5.41) is 1.66. The summed E-state index contributed by atoms with van der Waals surface area (Å²) in [4.78, 5) is 0. The third kappa shape index (κ3) is 3.96. The van der Waals surface area contributed by atoms with Crippen LogP contribution in [0.4, 0.5) is 0 Å². The van der Waals surface area contributed by atoms with Crippen molar-refractivity contribution in [3.63, 3.8) is 0 Å². The number of hydrogen-bond acceptors (Lipinski definition) is 0. The molecule has 0 spiro atoms. The van der Waals surface area contributed by atoms with Crippen LogP contribution in [-0.4, -0.2) is 8.07 Å². The highest BCUT2D eigenvalue weighted by Gasteiger charge is 2.23. The first kappa shape index (κ1) is 15.3. The van der Waals surface area contributed by atoms with Crippen LogP contribution in [-0.2, 0) is 6.42 Å². The molecule has 0 radical (unpaired) electrons. The number of benzene rings is 1. The fraction of sp³-hybridized carbons (Fsp3) is 0.474. The maximum absolute atomic E-state index is 2.53. The normalized spacial score (nSPS) is 16.8. The molecule has 0 fully saturated rings. The molecule has 0 aliphatic heterocycles. The van der Waals surface area contributed by atoms with E-state index in [2.05, 4.69) is 69.0 Å². The monoisotopic (exact) mass is 284 g/mol. The maximum atomic E-state index is 2.53. The minimum absolute atomic E-state index is 0.764. The second-order valence-corrected chi connectivity index (χ2v) is 12.0. The molecule has 0 saturated heterocycles. The molecule has 0 saturated carbocycles. The first-order chi connectivity index (χ1) is 9.50. The fourth-order valence-electron chi connectivity index (χ4n) is 2.99. The molecule has 108 valence electrons. The standard InChI is InChI=1S/C19H28Si/c1-5-17(12-11-16-9-7-6-8-10-16)18-13-14-19(15-18)20(2,3)4/h6-10,14-15,17H,5,11-13H2,1-4H3. The van der Waals surface area contributed by atoms with Gasteiger partial charge in [-0.05, 0) is 37.2 Å². The van der Waals surface area contributed by atoms with E-state index in [1.807, 2.05) is 0 Å². The van der Waals surface area contributed by atoms with Gasteiger partial charge in [-0.25, -0.2) is 0 Å². The average Bonchev–Trinajstić information content (AvgIpc) is 2.90. The van der Waals surface area contributed by atoms with Gasteiger partial charge in [-0.3, -0.25) is 0 Å². The molecule has 1 heteroatoms. The number of rotatable bonds is 6. The third-order valence-electron chi connectivity index (χ3n) is 4.41. The lowest BCUT2D eigenvalue weighted by molar-refractivity contribution is 0.536. The van der Waals surface area contributed by atoms with E-state index in [0.717, 1.165) is 5.92 Å². The molecule has 1 aliphatic carbocycles. The molecule has 0 amide bonds. The van der Waals surface area contributed by atoms with Crippen molar-refractivity contribution in [1.82, 2.24) is 0 Å². The van der Waals surface area contributed by atoms with Crippen LogP contribution in [0.2, 0.25) is 19.6 Å². The highest BCUT2D eigenvalue weighted by molar-refractivity contribution is 6.83. The smallest absolute Gasteiger partial charge is 0.0771 e. The molecular weight excluding hydrogens is 256 g/mol. The van der Waals surface area contributed by atoms with Gasteiger partial charge in [-0.2, -0.15) is 0 Å². The second kappa shape index (κ2) is 6.58. The van der Waals surface area contributed by atoms with Crippen LogP contribution >= 0.6 is 0 Å². The molecule has 1 aromatic rings. The summed E-state index contributed by atoms with van der Waals surface area (Å²) in [5.74, 6) is 0.764. The van der Waals surface area contributed by atoms with Gasteiger partial charge in [0.2, 0.25) is 0 Å². The molecular formula is C19H28Si. The van der Waals surface area contributed by atoms with E-state index in [9.17, 15) is 0 Å². The van der Waals surface area contributed by atoms with E-state index in [1.54, 1.807) is 10.8 Å². The number of allylic oxidation sites excluding steroid dienone is 4. The second-order valence-electron chi connectivity index (χ2n) is 6.96. The van der Waals surface area contributed by atoms with Crippen LogP contribution in [0.15, 0.2) is 53.3 Å². The fourth-order valence-corrected chi connectivity index (χ4v) is 4.32. The lowest BCUT2D eigenvalue weighted by Crippen LogP contribution is -2.21. The van der Waals surface area contributed by atoms with Crippen LogP contribution < -0.4 is 0 Å². The molecule has 20 heavy (non-hydrogen) atoms. The predicted molar refractivity (Wildman–Crippen MR) is 92.7 cm³/mol. The summed E-state index contributed by atoms with van der Waals surface area (Å²) >= 11 is 0. The van der Waals surface area contributed by atoms with E-state index in [1.165, 1.54) is 31.2 Å². The van der Waals surface area contributed by atoms with Gasteiger partial charge in [0.25, 0.3) is 0 Å². The Morgan fingerprint density at radius 1 is 1.10 bits per heavy atom. The minimum Gasteiger partial charge on any atom is -0.0812 e. The van der Waals surface area contributed by atoms with Crippen LogP contribution in [0.1, 0.15) is 31.7 Å². The minimum atomic E-state index is -1.13.